The summed E-state index contributed by atoms with van der Waals surface area (Å²) >= 11 is 0. The number of rotatable bonds is 4. The molecule has 1 amide bonds. The first kappa shape index (κ1) is 15.5. The Bertz CT molecular complexity index is 434. The van der Waals surface area contributed by atoms with Gasteiger partial charge in [0.2, 0.25) is 0 Å². The minimum atomic E-state index is -0.492. The van der Waals surface area contributed by atoms with Crippen LogP contribution in [0.5, 0.6) is 0 Å². The molecular formula is C13H24N4O2. The molecular weight excluding hydrogens is 244 g/mol. The highest BCUT2D eigenvalue weighted by molar-refractivity contribution is 5.67. The molecule has 19 heavy (non-hydrogen) atoms. The highest BCUT2D eigenvalue weighted by atomic mass is 16.6. The van der Waals surface area contributed by atoms with Gasteiger partial charge < -0.3 is 15.8 Å². The normalized spacial score (nSPS) is 13.2. The Kier molecular flexibility index (Phi) is 4.94. The van der Waals surface area contributed by atoms with Gasteiger partial charge in [0.1, 0.15) is 5.60 Å². The number of carbonyl (C=O) groups is 1. The minimum Gasteiger partial charge on any atom is -0.444 e. The molecule has 1 rings (SSSR count). The third kappa shape index (κ3) is 5.30. The van der Waals surface area contributed by atoms with Gasteiger partial charge in [-0.1, -0.05) is 0 Å². The van der Waals surface area contributed by atoms with Crippen molar-refractivity contribution in [3.8, 4) is 0 Å². The number of nitrogens with zero attached hydrogens (tertiary/aromatic N) is 2. The Morgan fingerprint density at radius 1 is 1.58 bits per heavy atom. The smallest absolute Gasteiger partial charge is 0.407 e. The van der Waals surface area contributed by atoms with E-state index in [0.717, 1.165) is 11.3 Å². The molecule has 0 aliphatic carbocycles. The molecule has 1 aromatic rings. The standard InChI is InChI=1S/C13H24N4O2/c1-9-10(7-16-17(9)5)6-11(14)8-15-12(18)19-13(2,3)4/h7,11H,6,8,14H2,1-5H3,(H,15,18). The van der Waals surface area contributed by atoms with Crippen molar-refractivity contribution in [3.63, 3.8) is 0 Å². The highest BCUT2D eigenvalue weighted by Crippen LogP contribution is 2.08. The number of carbonyl (C=O) groups excluding carboxylic acids is 1. The molecule has 108 valence electrons. The zero-order valence-corrected chi connectivity index (χ0v) is 12.4. The fourth-order valence-electron chi connectivity index (χ4n) is 1.63. The Balaban J connectivity index is 2.38. The molecule has 0 saturated carbocycles. The maximum Gasteiger partial charge on any atom is 0.407 e. The van der Waals surface area contributed by atoms with Gasteiger partial charge in [-0.25, -0.2) is 4.79 Å². The summed E-state index contributed by atoms with van der Waals surface area (Å²) in [4.78, 5) is 11.5. The summed E-state index contributed by atoms with van der Waals surface area (Å²) in [5, 5.41) is 6.83. The molecule has 0 aliphatic rings. The highest BCUT2D eigenvalue weighted by Gasteiger charge is 2.17. The Morgan fingerprint density at radius 3 is 2.68 bits per heavy atom. The second-order valence-corrected chi connectivity index (χ2v) is 5.73. The van der Waals surface area contributed by atoms with Crippen LogP contribution < -0.4 is 11.1 Å². The van der Waals surface area contributed by atoms with E-state index in [9.17, 15) is 4.79 Å². The van der Waals surface area contributed by atoms with E-state index in [1.54, 1.807) is 0 Å². The molecule has 0 spiro atoms. The Labute approximate surface area is 114 Å². The van der Waals surface area contributed by atoms with Crippen LogP contribution in [0.3, 0.4) is 0 Å². The SMILES string of the molecule is Cc1c(CC(N)CNC(=O)OC(C)(C)C)cnn1C. The van der Waals surface area contributed by atoms with Crippen molar-refractivity contribution in [2.45, 2.75) is 45.8 Å². The van der Waals surface area contributed by atoms with E-state index in [2.05, 4.69) is 10.4 Å². The average molecular weight is 268 g/mol. The first-order chi connectivity index (χ1) is 8.69. The van der Waals surface area contributed by atoms with E-state index in [-0.39, 0.29) is 6.04 Å². The van der Waals surface area contributed by atoms with E-state index < -0.39 is 11.7 Å². The van der Waals surface area contributed by atoms with Crippen LogP contribution in [0.25, 0.3) is 0 Å². The maximum atomic E-state index is 11.5. The molecule has 1 aromatic heterocycles. The van der Waals surface area contributed by atoms with Crippen LogP contribution in [-0.4, -0.2) is 34.1 Å². The molecule has 6 heteroatoms. The van der Waals surface area contributed by atoms with Crippen molar-refractivity contribution in [1.29, 1.82) is 0 Å². The molecule has 0 aromatic carbocycles. The van der Waals surface area contributed by atoms with Crippen LogP contribution in [0.1, 0.15) is 32.0 Å². The molecule has 0 fully saturated rings. The average Bonchev–Trinajstić information content (AvgIpc) is 2.56. The topological polar surface area (TPSA) is 82.2 Å². The van der Waals surface area contributed by atoms with Crippen LogP contribution in [0.15, 0.2) is 6.20 Å². The summed E-state index contributed by atoms with van der Waals surface area (Å²) in [6.07, 6.45) is 2.05. The van der Waals surface area contributed by atoms with E-state index in [1.807, 2.05) is 45.6 Å². The number of nitrogens with one attached hydrogen (secondary N) is 1. The number of alkyl carbamates (subject to hydrolysis) is 1. The van der Waals surface area contributed by atoms with Crippen molar-refractivity contribution in [2.24, 2.45) is 12.8 Å². The second kappa shape index (κ2) is 6.06. The van der Waals surface area contributed by atoms with Crippen molar-refractivity contribution >= 4 is 6.09 Å². The summed E-state index contributed by atoms with van der Waals surface area (Å²) < 4.78 is 6.95. The number of nitrogens with two attached hydrogens (primary N) is 1. The van der Waals surface area contributed by atoms with Crippen LogP contribution in [0.2, 0.25) is 0 Å². The van der Waals surface area contributed by atoms with E-state index in [1.165, 1.54) is 0 Å². The van der Waals surface area contributed by atoms with Gasteiger partial charge in [0.25, 0.3) is 0 Å². The lowest BCUT2D eigenvalue weighted by Gasteiger charge is -2.20. The quantitative estimate of drug-likeness (QED) is 0.857. The monoisotopic (exact) mass is 268 g/mol. The van der Waals surface area contributed by atoms with Crippen molar-refractivity contribution < 1.29 is 9.53 Å². The lowest BCUT2D eigenvalue weighted by Crippen LogP contribution is -2.41. The third-order valence-electron chi connectivity index (χ3n) is 2.73. The van der Waals surface area contributed by atoms with Crippen molar-refractivity contribution in [3.05, 3.63) is 17.5 Å². The summed E-state index contributed by atoms with van der Waals surface area (Å²) in [6.45, 7) is 7.85. The number of ether oxygens (including phenoxy) is 1. The van der Waals surface area contributed by atoms with Gasteiger partial charge in [0.05, 0.1) is 6.20 Å². The summed E-state index contributed by atoms with van der Waals surface area (Å²) in [5.41, 5.74) is 7.69. The van der Waals surface area contributed by atoms with Crippen LogP contribution in [-0.2, 0) is 18.2 Å². The Morgan fingerprint density at radius 2 is 2.21 bits per heavy atom. The fraction of sp³-hybridized carbons (Fsp3) is 0.692. The predicted octanol–water partition coefficient (Wildman–Crippen LogP) is 1.12. The summed E-state index contributed by atoms with van der Waals surface area (Å²) in [6, 6.07) is -0.157. The fourth-order valence-corrected chi connectivity index (χ4v) is 1.63. The Hall–Kier alpha value is -1.56. The number of aryl methyl sites for hydroxylation is 1. The maximum absolute atomic E-state index is 11.5. The van der Waals surface area contributed by atoms with Gasteiger partial charge >= 0.3 is 6.09 Å². The van der Waals surface area contributed by atoms with E-state index in [4.69, 9.17) is 10.5 Å². The van der Waals surface area contributed by atoms with Gasteiger partial charge in [-0.05, 0) is 39.7 Å². The number of hydrogen-bond acceptors (Lipinski definition) is 4. The molecule has 0 aliphatic heterocycles. The summed E-state index contributed by atoms with van der Waals surface area (Å²) in [5.74, 6) is 0. The number of aromatic nitrogens is 2. The van der Waals surface area contributed by atoms with Gasteiger partial charge in [-0.2, -0.15) is 5.10 Å². The van der Waals surface area contributed by atoms with Gasteiger partial charge in [-0.3, -0.25) is 4.68 Å². The van der Waals surface area contributed by atoms with Gasteiger partial charge in [0, 0.05) is 25.3 Å². The van der Waals surface area contributed by atoms with Gasteiger partial charge in [0.15, 0.2) is 0 Å². The lowest BCUT2D eigenvalue weighted by molar-refractivity contribution is 0.0524. The van der Waals surface area contributed by atoms with E-state index in [0.29, 0.717) is 13.0 Å². The molecule has 3 N–H and O–H groups in total. The minimum absolute atomic E-state index is 0.157. The summed E-state index contributed by atoms with van der Waals surface area (Å²) in [7, 11) is 1.89. The molecule has 6 nitrogen and oxygen atoms in total. The molecule has 1 unspecified atom stereocenters. The van der Waals surface area contributed by atoms with Crippen molar-refractivity contribution in [2.75, 3.05) is 6.54 Å². The van der Waals surface area contributed by atoms with Gasteiger partial charge in [-0.15, -0.1) is 0 Å². The molecule has 1 heterocycles. The zero-order chi connectivity index (χ0) is 14.6. The second-order valence-electron chi connectivity index (χ2n) is 5.73. The molecule has 0 saturated heterocycles. The lowest BCUT2D eigenvalue weighted by atomic mass is 10.1. The first-order valence-corrected chi connectivity index (χ1v) is 6.39. The zero-order valence-electron chi connectivity index (χ0n) is 12.4. The third-order valence-corrected chi connectivity index (χ3v) is 2.73. The van der Waals surface area contributed by atoms with Crippen LogP contribution in [0, 0.1) is 6.92 Å². The van der Waals surface area contributed by atoms with Crippen molar-refractivity contribution in [1.82, 2.24) is 15.1 Å². The number of amides is 1. The predicted molar refractivity (Wildman–Crippen MR) is 73.9 cm³/mol. The number of hydrogen-bond donors (Lipinski definition) is 2. The molecule has 1 atom stereocenters. The van der Waals surface area contributed by atoms with Crippen LogP contribution in [0.4, 0.5) is 4.79 Å². The van der Waals surface area contributed by atoms with Crippen LogP contribution >= 0.6 is 0 Å². The molecule has 0 radical (unpaired) electrons. The first-order valence-electron chi connectivity index (χ1n) is 6.39. The largest absolute Gasteiger partial charge is 0.444 e. The van der Waals surface area contributed by atoms with E-state index >= 15 is 0 Å². The molecule has 0 bridgehead atoms.